The van der Waals surface area contributed by atoms with E-state index >= 15 is 0 Å². The molecule has 2 aromatic carbocycles. The van der Waals surface area contributed by atoms with Gasteiger partial charge in [-0.1, -0.05) is 54.8 Å². The summed E-state index contributed by atoms with van der Waals surface area (Å²) in [5, 5.41) is 1.57. The number of rotatable bonds is 2. The molecule has 0 saturated carbocycles. The number of nitrogens with zero attached hydrogens (tertiary/aromatic N) is 2. The minimum absolute atomic E-state index is 0.105. The van der Waals surface area contributed by atoms with Crippen LogP contribution in [0.4, 0.5) is 0 Å². The predicted molar refractivity (Wildman–Crippen MR) is 107 cm³/mol. The average Bonchev–Trinajstić information content (AvgIpc) is 2.96. The third-order valence-corrected chi connectivity index (χ3v) is 5.20. The van der Waals surface area contributed by atoms with Crippen LogP contribution in [0.2, 0.25) is 5.02 Å². The van der Waals surface area contributed by atoms with Crippen molar-refractivity contribution in [2.45, 2.75) is 25.7 Å². The van der Waals surface area contributed by atoms with E-state index in [9.17, 15) is 4.79 Å². The summed E-state index contributed by atoms with van der Waals surface area (Å²) in [4.78, 5) is 20.0. The molecule has 4 rings (SSSR count). The van der Waals surface area contributed by atoms with E-state index in [1.165, 1.54) is 12.8 Å². The maximum atomic E-state index is 13.3. The number of aromatic nitrogens is 1. The van der Waals surface area contributed by atoms with Crippen LogP contribution in [0.25, 0.3) is 22.2 Å². The molecule has 2 heterocycles. The van der Waals surface area contributed by atoms with Crippen LogP contribution < -0.4 is 0 Å². The minimum atomic E-state index is 0.105. The summed E-state index contributed by atoms with van der Waals surface area (Å²) in [5.74, 6) is 0.105. The van der Waals surface area contributed by atoms with Crippen molar-refractivity contribution in [2.24, 2.45) is 0 Å². The molecule has 1 amide bonds. The Morgan fingerprint density at radius 2 is 1.69 bits per heavy atom. The van der Waals surface area contributed by atoms with Crippen LogP contribution >= 0.6 is 11.6 Å². The maximum absolute atomic E-state index is 13.3. The Balaban J connectivity index is 1.83. The zero-order chi connectivity index (χ0) is 17.9. The van der Waals surface area contributed by atoms with Crippen molar-refractivity contribution >= 4 is 28.4 Å². The maximum Gasteiger partial charge on any atom is 0.254 e. The molecule has 0 radical (unpaired) electrons. The highest BCUT2D eigenvalue weighted by Crippen LogP contribution is 2.28. The topological polar surface area (TPSA) is 33.2 Å². The molecule has 0 unspecified atom stereocenters. The fraction of sp³-hybridized carbons (Fsp3) is 0.273. The highest BCUT2D eigenvalue weighted by atomic mass is 35.5. The molecule has 3 nitrogen and oxygen atoms in total. The van der Waals surface area contributed by atoms with Crippen LogP contribution in [0.1, 0.15) is 36.0 Å². The second-order valence-corrected chi connectivity index (χ2v) is 7.23. The van der Waals surface area contributed by atoms with Crippen LogP contribution in [0, 0.1) is 0 Å². The molecule has 1 aromatic heterocycles. The minimum Gasteiger partial charge on any atom is -0.339 e. The van der Waals surface area contributed by atoms with Crippen LogP contribution in [-0.2, 0) is 0 Å². The predicted octanol–water partition coefficient (Wildman–Crippen LogP) is 5.57. The lowest BCUT2D eigenvalue weighted by atomic mass is 10.0. The summed E-state index contributed by atoms with van der Waals surface area (Å²) < 4.78 is 0. The molecular formula is C22H21ClN2O. The van der Waals surface area contributed by atoms with Gasteiger partial charge in [0.25, 0.3) is 5.91 Å². The molecule has 0 aliphatic carbocycles. The smallest absolute Gasteiger partial charge is 0.254 e. The van der Waals surface area contributed by atoms with Gasteiger partial charge in [-0.05, 0) is 37.1 Å². The van der Waals surface area contributed by atoms with Crippen LogP contribution in [-0.4, -0.2) is 28.9 Å². The van der Waals surface area contributed by atoms with Crippen molar-refractivity contribution in [3.05, 3.63) is 65.2 Å². The number of pyridine rings is 1. The molecule has 26 heavy (non-hydrogen) atoms. The van der Waals surface area contributed by atoms with Gasteiger partial charge in [-0.25, -0.2) is 4.98 Å². The summed E-state index contributed by atoms with van der Waals surface area (Å²) >= 11 is 6.15. The lowest BCUT2D eigenvalue weighted by Crippen LogP contribution is -2.32. The van der Waals surface area contributed by atoms with E-state index in [0.29, 0.717) is 5.02 Å². The normalized spacial score (nSPS) is 15.0. The van der Waals surface area contributed by atoms with Crippen molar-refractivity contribution in [1.82, 2.24) is 9.88 Å². The van der Waals surface area contributed by atoms with Crippen molar-refractivity contribution in [1.29, 1.82) is 0 Å². The van der Waals surface area contributed by atoms with Crippen LogP contribution in [0.3, 0.4) is 0 Å². The SMILES string of the molecule is O=C(c1cc(-c2cccc(Cl)c2)nc2ccccc12)N1CCCCCC1. The molecule has 3 aromatic rings. The number of para-hydroxylation sites is 1. The summed E-state index contributed by atoms with van der Waals surface area (Å²) in [6.45, 7) is 1.67. The van der Waals surface area contributed by atoms with E-state index in [4.69, 9.17) is 16.6 Å². The quantitative estimate of drug-likeness (QED) is 0.595. The average molecular weight is 365 g/mol. The van der Waals surface area contributed by atoms with Gasteiger partial charge in [0.15, 0.2) is 0 Å². The van der Waals surface area contributed by atoms with E-state index < -0.39 is 0 Å². The van der Waals surface area contributed by atoms with Crippen molar-refractivity contribution in [3.63, 3.8) is 0 Å². The van der Waals surface area contributed by atoms with E-state index in [1.54, 1.807) is 0 Å². The second kappa shape index (κ2) is 7.46. The first-order valence-corrected chi connectivity index (χ1v) is 9.55. The number of amides is 1. The zero-order valence-corrected chi connectivity index (χ0v) is 15.4. The monoisotopic (exact) mass is 364 g/mol. The molecular weight excluding hydrogens is 344 g/mol. The standard InChI is InChI=1S/C22H21ClN2O/c23-17-9-7-8-16(14-17)21-15-19(18-10-3-4-11-20(18)24-21)22(26)25-12-5-1-2-6-13-25/h3-4,7-11,14-15H,1-2,5-6,12-13H2. The lowest BCUT2D eigenvalue weighted by Gasteiger charge is -2.21. The van der Waals surface area contributed by atoms with Gasteiger partial charge in [0.05, 0.1) is 16.8 Å². The number of halogens is 1. The molecule has 1 aliphatic rings. The Bertz CT molecular complexity index is 946. The third-order valence-electron chi connectivity index (χ3n) is 4.96. The summed E-state index contributed by atoms with van der Waals surface area (Å²) in [6.07, 6.45) is 4.56. The van der Waals surface area contributed by atoms with E-state index in [-0.39, 0.29) is 5.91 Å². The van der Waals surface area contributed by atoms with Crippen molar-refractivity contribution in [3.8, 4) is 11.3 Å². The molecule has 1 aliphatic heterocycles. The number of fused-ring (bicyclic) bond motifs is 1. The lowest BCUT2D eigenvalue weighted by molar-refractivity contribution is 0.0763. The molecule has 4 heteroatoms. The first-order valence-electron chi connectivity index (χ1n) is 9.17. The van der Waals surface area contributed by atoms with E-state index in [2.05, 4.69) is 0 Å². The number of carbonyl (C=O) groups excluding carboxylic acids is 1. The molecule has 0 N–H and O–H groups in total. The number of benzene rings is 2. The van der Waals surface area contributed by atoms with Gasteiger partial charge in [0.2, 0.25) is 0 Å². The Morgan fingerprint density at radius 3 is 2.46 bits per heavy atom. The molecule has 1 saturated heterocycles. The molecule has 1 fully saturated rings. The number of hydrogen-bond donors (Lipinski definition) is 0. The van der Waals surface area contributed by atoms with Gasteiger partial charge in [-0.15, -0.1) is 0 Å². The van der Waals surface area contributed by atoms with E-state index in [0.717, 1.165) is 53.7 Å². The van der Waals surface area contributed by atoms with Crippen LogP contribution in [0.5, 0.6) is 0 Å². The highest BCUT2D eigenvalue weighted by Gasteiger charge is 2.20. The molecule has 0 atom stereocenters. The highest BCUT2D eigenvalue weighted by molar-refractivity contribution is 6.30. The summed E-state index contributed by atoms with van der Waals surface area (Å²) in [6, 6.07) is 17.4. The van der Waals surface area contributed by atoms with Gasteiger partial charge in [-0.3, -0.25) is 4.79 Å². The molecule has 0 bridgehead atoms. The Kier molecular flexibility index (Phi) is 4.89. The first kappa shape index (κ1) is 17.0. The second-order valence-electron chi connectivity index (χ2n) is 6.79. The fourth-order valence-electron chi connectivity index (χ4n) is 3.59. The largest absolute Gasteiger partial charge is 0.339 e. The Morgan fingerprint density at radius 1 is 0.923 bits per heavy atom. The first-order chi connectivity index (χ1) is 12.7. The zero-order valence-electron chi connectivity index (χ0n) is 14.6. The fourth-order valence-corrected chi connectivity index (χ4v) is 3.78. The third kappa shape index (κ3) is 3.45. The van der Waals surface area contributed by atoms with Gasteiger partial charge in [-0.2, -0.15) is 0 Å². The van der Waals surface area contributed by atoms with Gasteiger partial charge < -0.3 is 4.90 Å². The summed E-state index contributed by atoms with van der Waals surface area (Å²) in [5.41, 5.74) is 3.27. The van der Waals surface area contributed by atoms with Crippen molar-refractivity contribution < 1.29 is 4.79 Å². The van der Waals surface area contributed by atoms with Gasteiger partial charge >= 0.3 is 0 Å². The number of carbonyl (C=O) groups is 1. The molecule has 132 valence electrons. The Hall–Kier alpha value is -2.39. The Labute approximate surface area is 158 Å². The number of hydrogen-bond acceptors (Lipinski definition) is 2. The molecule has 0 spiro atoms. The van der Waals surface area contributed by atoms with E-state index in [1.807, 2.05) is 59.5 Å². The summed E-state index contributed by atoms with van der Waals surface area (Å²) in [7, 11) is 0. The van der Waals surface area contributed by atoms with Crippen LogP contribution in [0.15, 0.2) is 54.6 Å². The van der Waals surface area contributed by atoms with Gasteiger partial charge in [0.1, 0.15) is 0 Å². The number of likely N-dealkylation sites (tertiary alicyclic amines) is 1. The van der Waals surface area contributed by atoms with Crippen molar-refractivity contribution in [2.75, 3.05) is 13.1 Å². The van der Waals surface area contributed by atoms with Gasteiger partial charge in [0, 0.05) is 29.1 Å².